The second kappa shape index (κ2) is 12.0. The van der Waals surface area contributed by atoms with Crippen molar-refractivity contribution in [1.29, 1.82) is 0 Å². The molecule has 6 heteroatoms. The molecule has 0 aromatic carbocycles. The van der Waals surface area contributed by atoms with Gasteiger partial charge in [-0.2, -0.15) is 0 Å². The van der Waals surface area contributed by atoms with E-state index in [1.165, 1.54) is 13.8 Å². The van der Waals surface area contributed by atoms with Crippen LogP contribution in [0, 0.1) is 0 Å². The van der Waals surface area contributed by atoms with Crippen molar-refractivity contribution in [2.75, 3.05) is 19.0 Å². The lowest BCUT2D eigenvalue weighted by Crippen LogP contribution is -2.09. The predicted molar refractivity (Wildman–Crippen MR) is 85.2 cm³/mol. The molecule has 0 aliphatic rings. The Morgan fingerprint density at radius 1 is 0.909 bits per heavy atom. The molecule has 118 valence electrons. The molecule has 22 heavy (non-hydrogen) atoms. The predicted octanol–water partition coefficient (Wildman–Crippen LogP) is 2.33. The minimum atomic E-state index is -0.562. The van der Waals surface area contributed by atoms with Crippen molar-refractivity contribution in [2.45, 2.75) is 13.8 Å². The van der Waals surface area contributed by atoms with Crippen LogP contribution in [0.15, 0.2) is 55.0 Å². The van der Waals surface area contributed by atoms with Gasteiger partial charge < -0.3 is 9.64 Å². The molecule has 0 spiro atoms. The van der Waals surface area contributed by atoms with Crippen LogP contribution < -0.4 is 4.90 Å². The average molecular weight is 303 g/mol. The lowest BCUT2D eigenvalue weighted by Gasteiger charge is -2.08. The summed E-state index contributed by atoms with van der Waals surface area (Å²) in [5, 5.41) is 0. The molecule has 0 atom stereocenters. The molecule has 0 aliphatic heterocycles. The summed E-state index contributed by atoms with van der Waals surface area (Å²) in [5.41, 5.74) is 0. The number of rotatable bonds is 1. The van der Waals surface area contributed by atoms with Crippen molar-refractivity contribution in [2.24, 2.45) is 0 Å². The summed E-state index contributed by atoms with van der Waals surface area (Å²) in [5.74, 6) is -0.127. The Morgan fingerprint density at radius 2 is 1.45 bits per heavy atom. The van der Waals surface area contributed by atoms with E-state index in [0.717, 1.165) is 5.82 Å². The molecule has 0 unspecified atom stereocenters. The lowest BCUT2D eigenvalue weighted by molar-refractivity contribution is -0.156. The minimum absolute atomic E-state index is 0.562. The van der Waals surface area contributed by atoms with Crippen molar-refractivity contribution in [1.82, 2.24) is 9.97 Å². The molecule has 2 heterocycles. The Kier molecular flexibility index (Phi) is 10.5. The molecule has 2 rings (SSSR count). The Balaban J connectivity index is 0.000000308. The van der Waals surface area contributed by atoms with Gasteiger partial charge >= 0.3 is 11.9 Å². The maximum absolute atomic E-state index is 9.81. The van der Waals surface area contributed by atoms with Crippen LogP contribution in [0.3, 0.4) is 0 Å². The van der Waals surface area contributed by atoms with Crippen LogP contribution in [0.2, 0.25) is 0 Å². The van der Waals surface area contributed by atoms with Crippen molar-refractivity contribution >= 4 is 17.8 Å². The van der Waals surface area contributed by atoms with Gasteiger partial charge in [-0.25, -0.2) is 4.98 Å². The maximum Gasteiger partial charge on any atom is 0.310 e. The van der Waals surface area contributed by atoms with Gasteiger partial charge in [0.2, 0.25) is 0 Å². The van der Waals surface area contributed by atoms with Gasteiger partial charge in [-0.05, 0) is 24.3 Å². The second-order valence-corrected chi connectivity index (χ2v) is 4.19. The molecular formula is C16H21N3O3. The van der Waals surface area contributed by atoms with Crippen LogP contribution in [0.25, 0.3) is 0 Å². The van der Waals surface area contributed by atoms with Gasteiger partial charge in [0.15, 0.2) is 0 Å². The number of carbonyl (C=O) groups is 2. The van der Waals surface area contributed by atoms with Crippen molar-refractivity contribution in [3.63, 3.8) is 0 Å². The average Bonchev–Trinajstić information content (AvgIpc) is 2.50. The van der Waals surface area contributed by atoms with Gasteiger partial charge in [0, 0.05) is 46.5 Å². The number of anilines is 1. The molecule has 0 saturated heterocycles. The Morgan fingerprint density at radius 3 is 1.64 bits per heavy atom. The van der Waals surface area contributed by atoms with E-state index in [0.29, 0.717) is 0 Å². The van der Waals surface area contributed by atoms with E-state index in [4.69, 9.17) is 0 Å². The molecule has 0 N–H and O–H groups in total. The van der Waals surface area contributed by atoms with Crippen LogP contribution in [0.4, 0.5) is 5.82 Å². The number of hydrogen-bond acceptors (Lipinski definition) is 6. The Labute approximate surface area is 130 Å². The van der Waals surface area contributed by atoms with E-state index in [1.54, 1.807) is 18.6 Å². The highest BCUT2D eigenvalue weighted by atomic mass is 16.6. The zero-order valence-corrected chi connectivity index (χ0v) is 13.3. The SMILES string of the molecule is CC(=O)OC(C)=O.CN(C)c1ccccn1.c1ccncc1. The van der Waals surface area contributed by atoms with Crippen LogP contribution in [-0.2, 0) is 14.3 Å². The third-order valence-corrected chi connectivity index (χ3v) is 1.96. The van der Waals surface area contributed by atoms with Gasteiger partial charge in [-0.3, -0.25) is 14.6 Å². The highest BCUT2D eigenvalue weighted by Gasteiger charge is 1.93. The molecule has 2 aromatic rings. The van der Waals surface area contributed by atoms with E-state index in [1.807, 2.05) is 55.4 Å². The smallest absolute Gasteiger partial charge is 0.310 e. The van der Waals surface area contributed by atoms with Crippen LogP contribution in [-0.4, -0.2) is 36.0 Å². The van der Waals surface area contributed by atoms with Gasteiger partial charge in [0.25, 0.3) is 0 Å². The first-order chi connectivity index (χ1) is 10.4. The van der Waals surface area contributed by atoms with Crippen molar-refractivity contribution in [3.8, 4) is 0 Å². The number of aromatic nitrogens is 2. The molecule has 2 aromatic heterocycles. The third-order valence-electron chi connectivity index (χ3n) is 1.96. The lowest BCUT2D eigenvalue weighted by atomic mass is 10.4. The fraction of sp³-hybridized carbons (Fsp3) is 0.250. The second-order valence-electron chi connectivity index (χ2n) is 4.19. The first-order valence-electron chi connectivity index (χ1n) is 6.55. The highest BCUT2D eigenvalue weighted by molar-refractivity contribution is 5.82. The summed E-state index contributed by atoms with van der Waals surface area (Å²) < 4.78 is 3.97. The number of ether oxygens (including phenoxy) is 1. The third kappa shape index (κ3) is 12.3. The number of nitrogens with zero attached hydrogens (tertiary/aromatic N) is 3. The summed E-state index contributed by atoms with van der Waals surface area (Å²) in [6, 6.07) is 11.6. The molecule has 0 fully saturated rings. The summed E-state index contributed by atoms with van der Waals surface area (Å²) in [7, 11) is 3.95. The minimum Gasteiger partial charge on any atom is -0.394 e. The standard InChI is InChI=1S/C7H10N2.C5H5N.C4H6O3/c1-9(2)7-5-3-4-6-8-7;1-2-4-6-5-3-1;1-3(5)7-4(2)6/h3-6H,1-2H3;1-5H;1-2H3. The van der Waals surface area contributed by atoms with E-state index < -0.39 is 11.9 Å². The summed E-state index contributed by atoms with van der Waals surface area (Å²) >= 11 is 0. The highest BCUT2D eigenvalue weighted by Crippen LogP contribution is 2.02. The van der Waals surface area contributed by atoms with Crippen molar-refractivity contribution < 1.29 is 14.3 Å². The first kappa shape index (κ1) is 19.2. The van der Waals surface area contributed by atoms with Crippen LogP contribution in [0.1, 0.15) is 13.8 Å². The van der Waals surface area contributed by atoms with Crippen molar-refractivity contribution in [3.05, 3.63) is 55.0 Å². The molecule has 0 aliphatic carbocycles. The maximum atomic E-state index is 9.81. The number of carbonyl (C=O) groups excluding carboxylic acids is 2. The molecule has 0 amide bonds. The monoisotopic (exact) mass is 303 g/mol. The zero-order chi connectivity index (χ0) is 16.8. The normalized spacial score (nSPS) is 8.36. The van der Waals surface area contributed by atoms with E-state index >= 15 is 0 Å². The van der Waals surface area contributed by atoms with Gasteiger partial charge in [-0.1, -0.05) is 12.1 Å². The van der Waals surface area contributed by atoms with Gasteiger partial charge in [0.05, 0.1) is 0 Å². The van der Waals surface area contributed by atoms with E-state index in [9.17, 15) is 9.59 Å². The quantitative estimate of drug-likeness (QED) is 0.594. The topological polar surface area (TPSA) is 72.4 Å². The summed E-state index contributed by atoms with van der Waals surface area (Å²) in [4.78, 5) is 29.5. The van der Waals surface area contributed by atoms with E-state index in [-0.39, 0.29) is 0 Å². The number of esters is 2. The van der Waals surface area contributed by atoms with Gasteiger partial charge in [-0.15, -0.1) is 0 Å². The number of hydrogen-bond donors (Lipinski definition) is 0. The molecule has 0 saturated carbocycles. The first-order valence-corrected chi connectivity index (χ1v) is 6.55. The number of pyridine rings is 2. The largest absolute Gasteiger partial charge is 0.394 e. The fourth-order valence-electron chi connectivity index (χ4n) is 1.13. The van der Waals surface area contributed by atoms with E-state index in [2.05, 4.69) is 14.7 Å². The molecular weight excluding hydrogens is 282 g/mol. The fourth-order valence-corrected chi connectivity index (χ4v) is 1.13. The summed E-state index contributed by atoms with van der Waals surface area (Å²) in [6.07, 6.45) is 5.29. The Bertz CT molecular complexity index is 492. The summed E-state index contributed by atoms with van der Waals surface area (Å²) in [6.45, 7) is 2.36. The molecule has 0 radical (unpaired) electrons. The van der Waals surface area contributed by atoms with Crippen LogP contribution >= 0.6 is 0 Å². The Hall–Kier alpha value is -2.76. The van der Waals surface area contributed by atoms with Gasteiger partial charge in [0.1, 0.15) is 5.82 Å². The van der Waals surface area contributed by atoms with Crippen LogP contribution in [0.5, 0.6) is 0 Å². The molecule has 0 bridgehead atoms. The molecule has 6 nitrogen and oxygen atoms in total. The zero-order valence-electron chi connectivity index (χ0n) is 13.3.